The van der Waals surface area contributed by atoms with Crippen LogP contribution >= 0.6 is 23.2 Å². The van der Waals surface area contributed by atoms with Crippen molar-refractivity contribution in [1.82, 2.24) is 4.98 Å². The van der Waals surface area contributed by atoms with Gasteiger partial charge in [0.25, 0.3) is 0 Å². The summed E-state index contributed by atoms with van der Waals surface area (Å²) in [5.74, 6) is -1.83. The Balaban J connectivity index is 2.85. The first-order chi connectivity index (χ1) is 7.00. The normalized spacial score (nSPS) is 10.9. The summed E-state index contributed by atoms with van der Waals surface area (Å²) in [6, 6.07) is 2.28. The number of carbonyl (C=O) groups is 1. The summed E-state index contributed by atoms with van der Waals surface area (Å²) >= 11 is 11.4. The molecule has 0 amide bonds. The number of hydrogen-bond donors (Lipinski definition) is 2. The van der Waals surface area contributed by atoms with E-state index in [9.17, 15) is 9.18 Å². The topological polar surface area (TPSA) is 53.1 Å². The summed E-state index contributed by atoms with van der Waals surface area (Å²) in [4.78, 5) is 13.2. The maximum absolute atomic E-state index is 13.1. The van der Waals surface area contributed by atoms with Crippen LogP contribution in [0.1, 0.15) is 10.5 Å². The third-order valence-corrected chi connectivity index (χ3v) is 2.67. The van der Waals surface area contributed by atoms with E-state index in [-0.39, 0.29) is 21.1 Å². The first-order valence-corrected chi connectivity index (χ1v) is 4.66. The number of nitrogens with one attached hydrogen (secondary N) is 1. The van der Waals surface area contributed by atoms with Crippen LogP contribution in [0.4, 0.5) is 4.39 Å². The molecule has 0 radical (unpaired) electrons. The highest BCUT2D eigenvalue weighted by molar-refractivity contribution is 6.40. The first kappa shape index (κ1) is 10.3. The Bertz CT molecular complexity index is 565. The molecule has 0 aliphatic heterocycles. The molecule has 0 atom stereocenters. The van der Waals surface area contributed by atoms with E-state index in [4.69, 9.17) is 28.3 Å². The predicted molar refractivity (Wildman–Crippen MR) is 55.2 cm³/mol. The minimum atomic E-state index is -1.15. The zero-order valence-electron chi connectivity index (χ0n) is 7.14. The number of benzene rings is 1. The molecule has 0 saturated heterocycles. The second kappa shape index (κ2) is 3.40. The summed E-state index contributed by atoms with van der Waals surface area (Å²) in [6.07, 6.45) is 0. The fourth-order valence-electron chi connectivity index (χ4n) is 1.31. The second-order valence-corrected chi connectivity index (χ2v) is 3.72. The molecule has 15 heavy (non-hydrogen) atoms. The zero-order valence-corrected chi connectivity index (χ0v) is 8.66. The van der Waals surface area contributed by atoms with Crippen LogP contribution in [0, 0.1) is 5.82 Å². The van der Waals surface area contributed by atoms with Gasteiger partial charge >= 0.3 is 5.97 Å². The Morgan fingerprint density at radius 2 is 2.07 bits per heavy atom. The van der Waals surface area contributed by atoms with Crippen molar-refractivity contribution in [2.24, 2.45) is 0 Å². The molecule has 0 fully saturated rings. The lowest BCUT2D eigenvalue weighted by atomic mass is 10.2. The van der Waals surface area contributed by atoms with Crippen molar-refractivity contribution in [2.75, 3.05) is 0 Å². The van der Waals surface area contributed by atoms with Crippen LogP contribution < -0.4 is 0 Å². The fraction of sp³-hybridized carbons (Fsp3) is 0. The van der Waals surface area contributed by atoms with E-state index in [1.54, 1.807) is 0 Å². The summed E-state index contributed by atoms with van der Waals surface area (Å²) in [5, 5.41) is 8.94. The van der Waals surface area contributed by atoms with Gasteiger partial charge in [-0.05, 0) is 12.1 Å². The van der Waals surface area contributed by atoms with Gasteiger partial charge in [-0.2, -0.15) is 0 Å². The number of H-pyrrole nitrogens is 1. The number of halogens is 3. The molecule has 0 aliphatic rings. The van der Waals surface area contributed by atoms with Crippen molar-refractivity contribution in [3.8, 4) is 0 Å². The highest BCUT2D eigenvalue weighted by atomic mass is 35.5. The molecule has 0 unspecified atom stereocenters. The van der Waals surface area contributed by atoms with Crippen LogP contribution in [0.5, 0.6) is 0 Å². The lowest BCUT2D eigenvalue weighted by Gasteiger charge is -1.98. The van der Waals surface area contributed by atoms with Crippen molar-refractivity contribution in [2.45, 2.75) is 0 Å². The molecule has 0 aliphatic carbocycles. The van der Waals surface area contributed by atoms with Gasteiger partial charge in [0.2, 0.25) is 0 Å². The van der Waals surface area contributed by atoms with Gasteiger partial charge in [-0.25, -0.2) is 9.18 Å². The molecular formula is C9H4Cl2FNO2. The van der Waals surface area contributed by atoms with E-state index >= 15 is 0 Å². The third kappa shape index (κ3) is 1.56. The average molecular weight is 248 g/mol. The molecule has 0 spiro atoms. The largest absolute Gasteiger partial charge is 0.477 e. The van der Waals surface area contributed by atoms with Crippen molar-refractivity contribution in [1.29, 1.82) is 0 Å². The van der Waals surface area contributed by atoms with E-state index in [1.165, 1.54) is 6.07 Å². The van der Waals surface area contributed by atoms with Gasteiger partial charge in [-0.15, -0.1) is 0 Å². The van der Waals surface area contributed by atoms with Crippen molar-refractivity contribution in [3.05, 3.63) is 33.7 Å². The summed E-state index contributed by atoms with van der Waals surface area (Å²) < 4.78 is 13.1. The maximum Gasteiger partial charge on any atom is 0.352 e. The monoisotopic (exact) mass is 247 g/mol. The Morgan fingerprint density at radius 1 is 1.40 bits per heavy atom. The van der Waals surface area contributed by atoms with Crippen molar-refractivity contribution in [3.63, 3.8) is 0 Å². The van der Waals surface area contributed by atoms with Gasteiger partial charge in [-0.1, -0.05) is 23.2 Å². The molecule has 0 bridgehead atoms. The SMILES string of the molecule is O=C(O)c1cc2c(Cl)c(F)cc(Cl)c2[nH]1. The number of hydrogen-bond acceptors (Lipinski definition) is 1. The third-order valence-electron chi connectivity index (χ3n) is 1.99. The van der Waals surface area contributed by atoms with Gasteiger partial charge in [0, 0.05) is 5.39 Å². The number of carboxylic acid groups (broad SMARTS) is 1. The minimum Gasteiger partial charge on any atom is -0.477 e. The molecular weight excluding hydrogens is 244 g/mol. The molecule has 3 nitrogen and oxygen atoms in total. The lowest BCUT2D eigenvalue weighted by Crippen LogP contribution is -1.94. The lowest BCUT2D eigenvalue weighted by molar-refractivity contribution is 0.0691. The Labute approximate surface area is 93.4 Å². The van der Waals surface area contributed by atoms with Gasteiger partial charge < -0.3 is 10.1 Å². The minimum absolute atomic E-state index is 0.0839. The average Bonchev–Trinajstić information content (AvgIpc) is 2.59. The van der Waals surface area contributed by atoms with Crippen LogP contribution in [-0.2, 0) is 0 Å². The van der Waals surface area contributed by atoms with E-state index in [0.717, 1.165) is 6.07 Å². The quantitative estimate of drug-likeness (QED) is 0.760. The summed E-state index contributed by atoms with van der Waals surface area (Å²) in [7, 11) is 0. The zero-order chi connectivity index (χ0) is 11.2. The second-order valence-electron chi connectivity index (χ2n) is 2.93. The maximum atomic E-state index is 13.1. The van der Waals surface area contributed by atoms with Crippen LogP contribution in [0.25, 0.3) is 10.9 Å². The highest BCUT2D eigenvalue weighted by Gasteiger charge is 2.15. The Morgan fingerprint density at radius 3 is 2.67 bits per heavy atom. The Kier molecular flexibility index (Phi) is 2.32. The molecule has 78 valence electrons. The van der Waals surface area contributed by atoms with Crippen molar-refractivity contribution >= 4 is 40.1 Å². The first-order valence-electron chi connectivity index (χ1n) is 3.90. The van der Waals surface area contributed by atoms with E-state index < -0.39 is 11.8 Å². The van der Waals surface area contributed by atoms with Crippen molar-refractivity contribution < 1.29 is 14.3 Å². The molecule has 2 rings (SSSR count). The number of carboxylic acids is 1. The molecule has 0 saturated carbocycles. The number of aromatic nitrogens is 1. The number of aromatic amines is 1. The van der Waals surface area contributed by atoms with E-state index in [1.807, 2.05) is 0 Å². The van der Waals surface area contributed by atoms with Gasteiger partial charge in [0.15, 0.2) is 0 Å². The van der Waals surface area contributed by atoms with Gasteiger partial charge in [-0.3, -0.25) is 0 Å². The number of rotatable bonds is 1. The van der Waals surface area contributed by atoms with E-state index in [2.05, 4.69) is 4.98 Å². The predicted octanol–water partition coefficient (Wildman–Crippen LogP) is 3.31. The smallest absolute Gasteiger partial charge is 0.352 e. The highest BCUT2D eigenvalue weighted by Crippen LogP contribution is 2.32. The standard InChI is InChI=1S/C9H4Cl2FNO2/c10-4-2-5(12)7(11)3-1-6(9(14)15)13-8(3)4/h1-2,13H,(H,14,15). The molecule has 6 heteroatoms. The van der Waals surface area contributed by atoms with Gasteiger partial charge in [0.1, 0.15) is 11.5 Å². The molecule has 1 aromatic carbocycles. The van der Waals surface area contributed by atoms with Crippen LogP contribution in [0.2, 0.25) is 10.0 Å². The number of aromatic carboxylic acids is 1. The number of fused-ring (bicyclic) bond motifs is 1. The van der Waals surface area contributed by atoms with Crippen LogP contribution in [-0.4, -0.2) is 16.1 Å². The molecule has 2 aromatic rings. The van der Waals surface area contributed by atoms with Crippen LogP contribution in [0.3, 0.4) is 0 Å². The molecule has 1 aromatic heterocycles. The summed E-state index contributed by atoms with van der Waals surface area (Å²) in [6.45, 7) is 0. The molecule has 1 heterocycles. The fourth-order valence-corrected chi connectivity index (χ4v) is 1.76. The van der Waals surface area contributed by atoms with Gasteiger partial charge in [0.05, 0.1) is 15.6 Å². The Hall–Kier alpha value is -1.26. The van der Waals surface area contributed by atoms with Crippen LogP contribution in [0.15, 0.2) is 12.1 Å². The molecule has 2 N–H and O–H groups in total. The van der Waals surface area contributed by atoms with E-state index in [0.29, 0.717) is 5.52 Å². The summed E-state index contributed by atoms with van der Waals surface area (Å²) in [5.41, 5.74) is 0.236.